The fourth-order valence-electron chi connectivity index (χ4n) is 2.45. The van der Waals surface area contributed by atoms with Crippen molar-refractivity contribution in [2.45, 2.75) is 6.04 Å². The molecule has 5 nitrogen and oxygen atoms in total. The number of morpholine rings is 1. The van der Waals surface area contributed by atoms with Gasteiger partial charge >= 0.3 is 0 Å². The van der Waals surface area contributed by atoms with Crippen LogP contribution >= 0.6 is 0 Å². The molecule has 1 unspecified atom stereocenters. The largest absolute Gasteiger partial charge is 0.508 e. The van der Waals surface area contributed by atoms with Crippen LogP contribution in [0.2, 0.25) is 0 Å². The molecule has 2 N–H and O–H groups in total. The molecule has 0 aliphatic carbocycles. The molecule has 1 aliphatic heterocycles. The third-order valence-electron chi connectivity index (χ3n) is 3.44. The maximum absolute atomic E-state index is 9.66. The summed E-state index contributed by atoms with van der Waals surface area (Å²) >= 11 is 0. The van der Waals surface area contributed by atoms with Crippen LogP contribution in [0, 0.1) is 0 Å². The van der Waals surface area contributed by atoms with Gasteiger partial charge in [0.15, 0.2) is 0 Å². The second-order valence-corrected chi connectivity index (χ2v) is 4.64. The first kappa shape index (κ1) is 12.2. The van der Waals surface area contributed by atoms with E-state index in [1.807, 2.05) is 17.0 Å². The molecule has 1 aromatic carbocycles. The lowest BCUT2D eigenvalue weighted by atomic mass is 10.1. The van der Waals surface area contributed by atoms with Crippen LogP contribution < -0.4 is 4.90 Å². The summed E-state index contributed by atoms with van der Waals surface area (Å²) in [5.41, 5.74) is 0. The predicted octanol–water partition coefficient (Wildman–Crippen LogP) is 1.14. The summed E-state index contributed by atoms with van der Waals surface area (Å²) in [4.78, 5) is 6.46. The summed E-state index contributed by atoms with van der Waals surface area (Å²) in [6.45, 7) is 1.82. The van der Waals surface area contributed by atoms with Gasteiger partial charge in [-0.05, 0) is 23.6 Å². The predicted molar refractivity (Wildman–Crippen MR) is 72.4 cm³/mol. The number of hydrogen-bond acceptors (Lipinski definition) is 5. The van der Waals surface area contributed by atoms with Gasteiger partial charge in [0.1, 0.15) is 11.6 Å². The van der Waals surface area contributed by atoms with E-state index in [4.69, 9.17) is 4.74 Å². The Hall–Kier alpha value is -1.85. The number of ether oxygens (including phenoxy) is 1. The quantitative estimate of drug-likeness (QED) is 0.847. The molecule has 100 valence electrons. The summed E-state index contributed by atoms with van der Waals surface area (Å²) in [6.07, 6.45) is 1.75. The van der Waals surface area contributed by atoms with Gasteiger partial charge in [0.05, 0.1) is 25.9 Å². The van der Waals surface area contributed by atoms with Gasteiger partial charge in [0, 0.05) is 18.1 Å². The van der Waals surface area contributed by atoms with Crippen molar-refractivity contribution in [3.05, 3.63) is 30.5 Å². The molecule has 3 rings (SSSR count). The van der Waals surface area contributed by atoms with Crippen molar-refractivity contribution in [1.29, 1.82) is 0 Å². The van der Waals surface area contributed by atoms with E-state index in [-0.39, 0.29) is 18.4 Å². The number of hydrogen-bond donors (Lipinski definition) is 2. The monoisotopic (exact) mass is 260 g/mol. The molecule has 5 heteroatoms. The van der Waals surface area contributed by atoms with E-state index >= 15 is 0 Å². The van der Waals surface area contributed by atoms with Crippen LogP contribution in [0.1, 0.15) is 0 Å². The zero-order chi connectivity index (χ0) is 13.2. The number of fused-ring (bicyclic) bond motifs is 1. The number of pyridine rings is 1. The summed E-state index contributed by atoms with van der Waals surface area (Å²) < 4.78 is 5.38. The number of phenols is 1. The zero-order valence-electron chi connectivity index (χ0n) is 10.5. The molecule has 19 heavy (non-hydrogen) atoms. The standard InChI is InChI=1S/C14H16N2O3/c17-8-11-9-19-6-5-16(11)14-13-7-12(18)2-1-10(13)3-4-15-14/h1-4,7,11,17-18H,5-6,8-9H2. The highest BCUT2D eigenvalue weighted by Gasteiger charge is 2.24. The first-order chi connectivity index (χ1) is 9.29. The maximum atomic E-state index is 9.66. The van der Waals surface area contributed by atoms with Gasteiger partial charge in [0.2, 0.25) is 0 Å². The van der Waals surface area contributed by atoms with Crippen LogP contribution in [0.15, 0.2) is 30.5 Å². The van der Waals surface area contributed by atoms with Crippen LogP contribution in [-0.2, 0) is 4.74 Å². The summed E-state index contributed by atoms with van der Waals surface area (Å²) in [6, 6.07) is 7.06. The number of aromatic nitrogens is 1. The summed E-state index contributed by atoms with van der Waals surface area (Å²) in [5, 5.41) is 21.0. The Balaban J connectivity index is 2.10. The Morgan fingerprint density at radius 2 is 2.26 bits per heavy atom. The smallest absolute Gasteiger partial charge is 0.137 e. The Kier molecular flexibility index (Phi) is 3.23. The molecule has 1 fully saturated rings. The van der Waals surface area contributed by atoms with E-state index in [1.54, 1.807) is 18.3 Å². The molecule has 0 amide bonds. The van der Waals surface area contributed by atoms with Crippen LogP contribution in [0.25, 0.3) is 10.8 Å². The molecule has 0 bridgehead atoms. The molecule has 1 atom stereocenters. The van der Waals surface area contributed by atoms with Crippen molar-refractivity contribution in [2.24, 2.45) is 0 Å². The highest BCUT2D eigenvalue weighted by molar-refractivity contribution is 5.93. The number of aliphatic hydroxyl groups is 1. The van der Waals surface area contributed by atoms with E-state index in [2.05, 4.69) is 4.98 Å². The van der Waals surface area contributed by atoms with Crippen molar-refractivity contribution >= 4 is 16.6 Å². The first-order valence-electron chi connectivity index (χ1n) is 6.32. The molecule has 1 aliphatic rings. The van der Waals surface area contributed by atoms with Crippen molar-refractivity contribution in [1.82, 2.24) is 4.98 Å². The Morgan fingerprint density at radius 1 is 1.37 bits per heavy atom. The molecule has 0 radical (unpaired) electrons. The van der Waals surface area contributed by atoms with Gasteiger partial charge in [0.25, 0.3) is 0 Å². The summed E-state index contributed by atoms with van der Waals surface area (Å²) in [5.74, 6) is 1.01. The fraction of sp³-hybridized carbons (Fsp3) is 0.357. The maximum Gasteiger partial charge on any atom is 0.137 e. The van der Waals surface area contributed by atoms with Crippen molar-refractivity contribution < 1.29 is 14.9 Å². The lowest BCUT2D eigenvalue weighted by Gasteiger charge is -2.35. The minimum Gasteiger partial charge on any atom is -0.508 e. The third kappa shape index (κ3) is 2.22. The third-order valence-corrected chi connectivity index (χ3v) is 3.44. The lowest BCUT2D eigenvalue weighted by molar-refractivity contribution is 0.0724. The van der Waals surface area contributed by atoms with Gasteiger partial charge in [-0.3, -0.25) is 0 Å². The number of nitrogens with zero attached hydrogens (tertiary/aromatic N) is 2. The van der Waals surface area contributed by atoms with Gasteiger partial charge in [-0.2, -0.15) is 0 Å². The number of anilines is 1. The van der Waals surface area contributed by atoms with Gasteiger partial charge in [-0.15, -0.1) is 0 Å². The van der Waals surface area contributed by atoms with Gasteiger partial charge in [-0.1, -0.05) is 6.07 Å². The Bertz CT molecular complexity index is 588. The molecule has 2 aromatic rings. The van der Waals surface area contributed by atoms with Crippen LogP contribution in [0.5, 0.6) is 5.75 Å². The van der Waals surface area contributed by atoms with Crippen LogP contribution in [0.4, 0.5) is 5.82 Å². The topological polar surface area (TPSA) is 65.8 Å². The SMILES string of the molecule is OCC1COCCN1c1nccc2ccc(O)cc12. The van der Waals surface area contributed by atoms with Crippen LogP contribution in [-0.4, -0.2) is 47.6 Å². The van der Waals surface area contributed by atoms with Crippen LogP contribution in [0.3, 0.4) is 0 Å². The van der Waals surface area contributed by atoms with Gasteiger partial charge in [-0.25, -0.2) is 4.98 Å². The second kappa shape index (κ2) is 5.03. The average molecular weight is 260 g/mol. The Morgan fingerprint density at radius 3 is 3.11 bits per heavy atom. The van der Waals surface area contributed by atoms with E-state index in [0.717, 1.165) is 16.6 Å². The first-order valence-corrected chi connectivity index (χ1v) is 6.32. The molecular weight excluding hydrogens is 244 g/mol. The average Bonchev–Trinajstić information content (AvgIpc) is 2.46. The molecule has 1 aromatic heterocycles. The molecule has 0 saturated carbocycles. The number of rotatable bonds is 2. The van der Waals surface area contributed by atoms with E-state index in [0.29, 0.717) is 19.8 Å². The highest BCUT2D eigenvalue weighted by Crippen LogP contribution is 2.29. The van der Waals surface area contributed by atoms with Crippen molar-refractivity contribution in [3.8, 4) is 5.75 Å². The van der Waals surface area contributed by atoms with Gasteiger partial charge < -0.3 is 19.8 Å². The number of aromatic hydroxyl groups is 1. The normalized spacial score (nSPS) is 19.8. The minimum atomic E-state index is -0.0887. The summed E-state index contributed by atoms with van der Waals surface area (Å²) in [7, 11) is 0. The lowest BCUT2D eigenvalue weighted by Crippen LogP contribution is -2.48. The van der Waals surface area contributed by atoms with E-state index in [1.165, 1.54) is 0 Å². The molecular formula is C14H16N2O3. The minimum absolute atomic E-state index is 0.0247. The van der Waals surface area contributed by atoms with Crippen molar-refractivity contribution in [2.75, 3.05) is 31.3 Å². The zero-order valence-corrected chi connectivity index (χ0v) is 10.5. The number of benzene rings is 1. The fourth-order valence-corrected chi connectivity index (χ4v) is 2.45. The number of phenolic OH excluding ortho intramolecular Hbond substituents is 1. The highest BCUT2D eigenvalue weighted by atomic mass is 16.5. The van der Waals surface area contributed by atoms with E-state index in [9.17, 15) is 10.2 Å². The molecule has 1 saturated heterocycles. The second-order valence-electron chi connectivity index (χ2n) is 4.64. The Labute approximate surface area is 111 Å². The van der Waals surface area contributed by atoms with Crippen molar-refractivity contribution in [3.63, 3.8) is 0 Å². The molecule has 2 heterocycles. The molecule has 0 spiro atoms. The number of aliphatic hydroxyl groups excluding tert-OH is 1. The van der Waals surface area contributed by atoms with E-state index < -0.39 is 0 Å².